The van der Waals surface area contributed by atoms with Crippen LogP contribution in [0.1, 0.15) is 27.0 Å². The Morgan fingerprint density at radius 3 is 2.33 bits per heavy atom. The molecule has 0 radical (unpaired) electrons. The smallest absolute Gasteiger partial charge is 0.396 e. The fourth-order valence-corrected chi connectivity index (χ4v) is 3.98. The minimum Gasteiger partial charge on any atom is -0.396 e. The van der Waals surface area contributed by atoms with Gasteiger partial charge in [0, 0.05) is 22.6 Å². The van der Waals surface area contributed by atoms with Gasteiger partial charge in [0.05, 0.1) is 6.54 Å². The van der Waals surface area contributed by atoms with Crippen LogP contribution < -0.4 is 5.73 Å². The van der Waals surface area contributed by atoms with Crippen molar-refractivity contribution >= 4 is 17.2 Å². The number of aliphatic imine (C=N–C) groups is 1. The first-order valence-corrected chi connectivity index (χ1v) is 10.1. The second-order valence-electron chi connectivity index (χ2n) is 6.67. The highest BCUT2D eigenvalue weighted by Crippen LogP contribution is 2.44. The van der Waals surface area contributed by atoms with Gasteiger partial charge in [-0.25, -0.2) is 0 Å². The van der Waals surface area contributed by atoms with Crippen molar-refractivity contribution in [1.29, 1.82) is 0 Å². The Morgan fingerprint density at radius 2 is 1.73 bits per heavy atom. The molecule has 0 amide bonds. The van der Waals surface area contributed by atoms with E-state index in [9.17, 15) is 18.3 Å². The number of nitrogens with two attached hydrogens (primary N) is 1. The first-order chi connectivity index (χ1) is 14.3. The van der Waals surface area contributed by atoms with E-state index in [2.05, 4.69) is 4.99 Å². The molecule has 1 aromatic heterocycles. The second-order valence-corrected chi connectivity index (χ2v) is 7.75. The lowest BCUT2D eigenvalue weighted by Gasteiger charge is -2.07. The Bertz CT molecular complexity index is 999. The van der Waals surface area contributed by atoms with Crippen LogP contribution in [0.4, 0.5) is 13.2 Å². The van der Waals surface area contributed by atoms with Crippen molar-refractivity contribution in [1.82, 2.24) is 0 Å². The highest BCUT2D eigenvalue weighted by Gasteiger charge is 2.37. The van der Waals surface area contributed by atoms with Crippen molar-refractivity contribution in [2.75, 3.05) is 13.2 Å². The molecule has 158 valence electrons. The van der Waals surface area contributed by atoms with Crippen molar-refractivity contribution in [3.63, 3.8) is 0 Å². The molecule has 0 aliphatic carbocycles. The van der Waals surface area contributed by atoms with Gasteiger partial charge in [0.25, 0.3) is 0 Å². The number of amidine groups is 1. The van der Waals surface area contributed by atoms with Crippen molar-refractivity contribution < 1.29 is 23.4 Å². The summed E-state index contributed by atoms with van der Waals surface area (Å²) in [6.07, 6.45) is -5.20. The summed E-state index contributed by atoms with van der Waals surface area (Å²) in [7, 11) is 0. The van der Waals surface area contributed by atoms with E-state index >= 15 is 0 Å². The van der Waals surface area contributed by atoms with E-state index in [-0.39, 0.29) is 29.4 Å². The lowest BCUT2D eigenvalue weighted by atomic mass is 10.1. The Hall–Kier alpha value is -2.68. The molecular weight excluding hydrogens is 413 g/mol. The maximum Gasteiger partial charge on any atom is 0.426 e. The SMILES string of the molecule is NC(=NCC(O)c1cc(-c2ccccc2)c(C(F)(F)F)s1)c1ccc(CCO)cc1. The topological polar surface area (TPSA) is 78.8 Å². The molecule has 0 saturated heterocycles. The van der Waals surface area contributed by atoms with Gasteiger partial charge in [0.2, 0.25) is 0 Å². The summed E-state index contributed by atoms with van der Waals surface area (Å²) in [5.74, 6) is 0.181. The van der Waals surface area contributed by atoms with Crippen LogP contribution in [0.15, 0.2) is 65.7 Å². The molecule has 1 atom stereocenters. The molecule has 0 bridgehead atoms. The Balaban J connectivity index is 1.80. The van der Waals surface area contributed by atoms with Crippen LogP contribution in [0.5, 0.6) is 0 Å². The second kappa shape index (κ2) is 9.42. The van der Waals surface area contributed by atoms with Gasteiger partial charge in [-0.15, -0.1) is 11.3 Å². The van der Waals surface area contributed by atoms with Crippen molar-refractivity contribution in [2.45, 2.75) is 18.7 Å². The van der Waals surface area contributed by atoms with E-state index in [0.717, 1.165) is 5.56 Å². The lowest BCUT2D eigenvalue weighted by Crippen LogP contribution is -2.15. The molecule has 0 spiro atoms. The van der Waals surface area contributed by atoms with Gasteiger partial charge in [-0.3, -0.25) is 4.99 Å². The van der Waals surface area contributed by atoms with Crippen LogP contribution in [0.25, 0.3) is 11.1 Å². The van der Waals surface area contributed by atoms with Crippen molar-refractivity contribution in [3.05, 3.63) is 81.5 Å². The summed E-state index contributed by atoms with van der Waals surface area (Å²) in [6.45, 7) is -0.114. The summed E-state index contributed by atoms with van der Waals surface area (Å²) >= 11 is 0.516. The highest BCUT2D eigenvalue weighted by atomic mass is 32.1. The highest BCUT2D eigenvalue weighted by molar-refractivity contribution is 7.12. The quantitative estimate of drug-likeness (QED) is 0.381. The predicted molar refractivity (Wildman–Crippen MR) is 113 cm³/mol. The zero-order valence-corrected chi connectivity index (χ0v) is 16.7. The van der Waals surface area contributed by atoms with Gasteiger partial charge < -0.3 is 15.9 Å². The van der Waals surface area contributed by atoms with E-state index < -0.39 is 17.2 Å². The largest absolute Gasteiger partial charge is 0.426 e. The third-order valence-corrected chi connectivity index (χ3v) is 5.79. The standard InChI is InChI=1S/C22H21F3N2O2S/c23-22(24,25)20-17(15-4-2-1-3-5-15)12-19(30-20)18(29)13-27-21(26)16-8-6-14(7-9-16)10-11-28/h1-9,12,18,28-29H,10-11,13H2,(H2,26,27). The van der Waals surface area contributed by atoms with Gasteiger partial charge in [0.1, 0.15) is 16.8 Å². The molecule has 3 rings (SSSR count). The zero-order chi connectivity index (χ0) is 21.7. The van der Waals surface area contributed by atoms with Crippen LogP contribution in [0, 0.1) is 0 Å². The van der Waals surface area contributed by atoms with Crippen LogP contribution in [-0.4, -0.2) is 29.2 Å². The van der Waals surface area contributed by atoms with Crippen LogP contribution in [0.3, 0.4) is 0 Å². The molecule has 30 heavy (non-hydrogen) atoms. The number of nitrogens with zero attached hydrogens (tertiary/aromatic N) is 1. The molecule has 2 aromatic carbocycles. The van der Waals surface area contributed by atoms with Crippen molar-refractivity contribution in [2.24, 2.45) is 10.7 Å². The number of hydrogen-bond acceptors (Lipinski definition) is 4. The molecule has 0 aliphatic heterocycles. The average Bonchev–Trinajstić information content (AvgIpc) is 3.19. The summed E-state index contributed by atoms with van der Waals surface area (Å²) in [5, 5.41) is 19.4. The van der Waals surface area contributed by atoms with E-state index in [1.54, 1.807) is 42.5 Å². The molecule has 4 nitrogen and oxygen atoms in total. The maximum atomic E-state index is 13.5. The van der Waals surface area contributed by atoms with Gasteiger partial charge >= 0.3 is 6.18 Å². The van der Waals surface area contributed by atoms with E-state index in [1.165, 1.54) is 6.07 Å². The Labute approximate surface area is 176 Å². The number of hydrogen-bond donors (Lipinski definition) is 3. The molecule has 0 aliphatic rings. The minimum atomic E-state index is -4.52. The summed E-state index contributed by atoms with van der Waals surface area (Å²) < 4.78 is 40.5. The fraction of sp³-hybridized carbons (Fsp3) is 0.227. The summed E-state index contributed by atoms with van der Waals surface area (Å²) in [4.78, 5) is 3.57. The average molecular weight is 434 g/mol. The fourth-order valence-electron chi connectivity index (χ4n) is 2.95. The number of alkyl halides is 3. The van der Waals surface area contributed by atoms with Crippen LogP contribution in [0.2, 0.25) is 0 Å². The Kier molecular flexibility index (Phi) is 6.91. The number of rotatable bonds is 7. The van der Waals surface area contributed by atoms with E-state index in [1.807, 2.05) is 12.1 Å². The molecular formula is C22H21F3N2O2S. The van der Waals surface area contributed by atoms with E-state index in [0.29, 0.717) is 28.9 Å². The number of thiophene rings is 1. The third kappa shape index (κ3) is 5.27. The van der Waals surface area contributed by atoms with Gasteiger partial charge in [-0.05, 0) is 23.6 Å². The first kappa shape index (κ1) is 22.0. The third-order valence-electron chi connectivity index (χ3n) is 4.51. The lowest BCUT2D eigenvalue weighted by molar-refractivity contribution is -0.133. The molecule has 1 heterocycles. The number of aliphatic hydroxyl groups excluding tert-OH is 2. The first-order valence-electron chi connectivity index (χ1n) is 9.24. The van der Waals surface area contributed by atoms with Crippen LogP contribution >= 0.6 is 11.3 Å². The maximum absolute atomic E-state index is 13.5. The molecule has 0 fully saturated rings. The van der Waals surface area contributed by atoms with Crippen molar-refractivity contribution in [3.8, 4) is 11.1 Å². The molecule has 3 aromatic rings. The van der Waals surface area contributed by atoms with Gasteiger partial charge in [-0.2, -0.15) is 13.2 Å². The number of benzene rings is 2. The summed E-state index contributed by atoms with van der Waals surface area (Å²) in [5.41, 5.74) is 8.01. The summed E-state index contributed by atoms with van der Waals surface area (Å²) in [6, 6.07) is 16.7. The molecule has 0 saturated carbocycles. The number of aliphatic hydroxyl groups is 2. The monoisotopic (exact) mass is 434 g/mol. The normalized spacial score (nSPS) is 13.4. The van der Waals surface area contributed by atoms with E-state index in [4.69, 9.17) is 10.8 Å². The molecule has 4 N–H and O–H groups in total. The zero-order valence-electron chi connectivity index (χ0n) is 15.9. The van der Waals surface area contributed by atoms with Crippen LogP contribution in [-0.2, 0) is 12.6 Å². The minimum absolute atomic E-state index is 0.0403. The van der Waals surface area contributed by atoms with Gasteiger partial charge in [0.15, 0.2) is 0 Å². The molecule has 8 heteroatoms. The predicted octanol–water partition coefficient (Wildman–Crippen LogP) is 4.41. The number of halogens is 3. The van der Waals surface area contributed by atoms with Gasteiger partial charge in [-0.1, -0.05) is 54.6 Å². The Morgan fingerprint density at radius 1 is 1.07 bits per heavy atom. The molecule has 1 unspecified atom stereocenters.